The van der Waals surface area contributed by atoms with E-state index in [0.717, 1.165) is 6.42 Å². The highest BCUT2D eigenvalue weighted by atomic mass is 16.5. The molecule has 0 amide bonds. The topological polar surface area (TPSA) is 72.8 Å². The lowest BCUT2D eigenvalue weighted by Gasteiger charge is -2.41. The van der Waals surface area contributed by atoms with Gasteiger partial charge < -0.3 is 14.6 Å². The molecule has 5 nitrogen and oxygen atoms in total. The van der Waals surface area contributed by atoms with Crippen molar-refractivity contribution in [2.45, 2.75) is 39.2 Å². The number of carbonyl (C=O) groups excluding carboxylic acids is 2. The van der Waals surface area contributed by atoms with Crippen molar-refractivity contribution in [1.29, 1.82) is 0 Å². The molecule has 0 saturated carbocycles. The first-order chi connectivity index (χ1) is 9.36. The van der Waals surface area contributed by atoms with Crippen LogP contribution in [-0.2, 0) is 19.1 Å². The Kier molecular flexibility index (Phi) is 5.74. The van der Waals surface area contributed by atoms with E-state index in [1.54, 1.807) is 6.08 Å². The lowest BCUT2D eigenvalue weighted by molar-refractivity contribution is -0.159. The van der Waals surface area contributed by atoms with Crippen LogP contribution in [-0.4, -0.2) is 37.4 Å². The van der Waals surface area contributed by atoms with E-state index in [1.807, 2.05) is 13.0 Å². The zero-order chi connectivity index (χ0) is 15.3. The normalized spacial score (nSPS) is 29.3. The number of ether oxygens (including phenoxy) is 2. The highest BCUT2D eigenvalue weighted by molar-refractivity contribution is 5.94. The summed E-state index contributed by atoms with van der Waals surface area (Å²) in [4.78, 5) is 23.3. The Balaban J connectivity index is 2.78. The Morgan fingerprint density at radius 2 is 1.90 bits per heavy atom. The van der Waals surface area contributed by atoms with Gasteiger partial charge in [-0.25, -0.2) is 0 Å². The van der Waals surface area contributed by atoms with E-state index in [2.05, 4.69) is 16.4 Å². The van der Waals surface area contributed by atoms with Crippen LogP contribution in [0.2, 0.25) is 0 Å². The quantitative estimate of drug-likeness (QED) is 0.472. The van der Waals surface area contributed by atoms with Crippen LogP contribution in [0.3, 0.4) is 0 Å². The molecule has 114 valence electrons. The van der Waals surface area contributed by atoms with Crippen LogP contribution < -0.4 is 0 Å². The fourth-order valence-corrected chi connectivity index (χ4v) is 2.66. The Bertz CT molecular complexity index is 374. The van der Waals surface area contributed by atoms with Gasteiger partial charge in [0.15, 0.2) is 5.92 Å². The number of hydrogen-bond acceptors (Lipinski definition) is 5. The van der Waals surface area contributed by atoms with E-state index in [1.165, 1.54) is 14.2 Å². The molecule has 5 heteroatoms. The second-order valence-corrected chi connectivity index (χ2v) is 5.65. The standard InChI is InChI=1S/C15H24O5/c1-10-6-5-7-12(16)15(10,2)9-8-11(13(17)19-3)14(18)20-4/h5,7,10-12,16H,6,8-9H2,1-4H3/t10-,12+,15+/m1/s1. The smallest absolute Gasteiger partial charge is 0.320 e. The van der Waals surface area contributed by atoms with E-state index < -0.39 is 24.0 Å². The van der Waals surface area contributed by atoms with E-state index in [-0.39, 0.29) is 11.3 Å². The Labute approximate surface area is 119 Å². The lowest BCUT2D eigenvalue weighted by atomic mass is 9.66. The van der Waals surface area contributed by atoms with Crippen molar-refractivity contribution in [3.63, 3.8) is 0 Å². The number of esters is 2. The summed E-state index contributed by atoms with van der Waals surface area (Å²) in [5, 5.41) is 10.2. The van der Waals surface area contributed by atoms with E-state index in [9.17, 15) is 14.7 Å². The van der Waals surface area contributed by atoms with Gasteiger partial charge in [-0.3, -0.25) is 9.59 Å². The van der Waals surface area contributed by atoms with Crippen molar-refractivity contribution in [3.05, 3.63) is 12.2 Å². The van der Waals surface area contributed by atoms with Crippen molar-refractivity contribution in [2.24, 2.45) is 17.3 Å². The largest absolute Gasteiger partial charge is 0.468 e. The third kappa shape index (κ3) is 3.39. The molecule has 0 heterocycles. The second kappa shape index (κ2) is 6.88. The van der Waals surface area contributed by atoms with Crippen LogP contribution in [0.25, 0.3) is 0 Å². The minimum absolute atomic E-state index is 0.276. The molecule has 0 unspecified atom stereocenters. The predicted octanol–water partition coefficient (Wildman–Crippen LogP) is 1.69. The molecule has 0 fully saturated rings. The summed E-state index contributed by atoms with van der Waals surface area (Å²) in [6, 6.07) is 0. The fourth-order valence-electron chi connectivity index (χ4n) is 2.66. The summed E-state index contributed by atoms with van der Waals surface area (Å²) < 4.78 is 9.29. The Hall–Kier alpha value is -1.36. The van der Waals surface area contributed by atoms with Gasteiger partial charge >= 0.3 is 11.9 Å². The minimum atomic E-state index is -0.924. The summed E-state index contributed by atoms with van der Waals surface area (Å²) in [5.74, 6) is -1.83. The van der Waals surface area contributed by atoms with Crippen molar-refractivity contribution in [3.8, 4) is 0 Å². The average Bonchev–Trinajstić information content (AvgIpc) is 2.44. The monoisotopic (exact) mass is 284 g/mol. The van der Waals surface area contributed by atoms with Crippen LogP contribution in [0.15, 0.2) is 12.2 Å². The third-order valence-corrected chi connectivity index (χ3v) is 4.55. The van der Waals surface area contributed by atoms with Crippen molar-refractivity contribution >= 4 is 11.9 Å². The zero-order valence-corrected chi connectivity index (χ0v) is 12.6. The number of rotatable bonds is 5. The van der Waals surface area contributed by atoms with Gasteiger partial charge in [0.1, 0.15) is 0 Å². The van der Waals surface area contributed by atoms with Crippen LogP contribution in [0.4, 0.5) is 0 Å². The molecule has 0 aromatic rings. The molecule has 0 spiro atoms. The summed E-state index contributed by atoms with van der Waals surface area (Å²) in [7, 11) is 2.50. The molecule has 1 rings (SSSR count). The van der Waals surface area contributed by atoms with Gasteiger partial charge in [0.2, 0.25) is 0 Å². The van der Waals surface area contributed by atoms with E-state index >= 15 is 0 Å². The zero-order valence-electron chi connectivity index (χ0n) is 12.6. The van der Waals surface area contributed by atoms with Gasteiger partial charge in [-0.15, -0.1) is 0 Å². The first-order valence-electron chi connectivity index (χ1n) is 6.87. The summed E-state index contributed by atoms with van der Waals surface area (Å²) in [6.45, 7) is 4.05. The van der Waals surface area contributed by atoms with Crippen LogP contribution in [0.1, 0.15) is 33.1 Å². The number of methoxy groups -OCH3 is 2. The molecule has 3 atom stereocenters. The minimum Gasteiger partial charge on any atom is -0.468 e. The highest BCUT2D eigenvalue weighted by Gasteiger charge is 2.40. The molecule has 1 aliphatic rings. The number of aliphatic hydroxyl groups excluding tert-OH is 1. The highest BCUT2D eigenvalue weighted by Crippen LogP contribution is 2.42. The average molecular weight is 284 g/mol. The molecular weight excluding hydrogens is 260 g/mol. The first kappa shape index (κ1) is 16.7. The first-order valence-corrected chi connectivity index (χ1v) is 6.87. The maximum Gasteiger partial charge on any atom is 0.320 e. The molecule has 0 radical (unpaired) electrons. The molecule has 0 aromatic heterocycles. The van der Waals surface area contributed by atoms with Crippen molar-refractivity contribution in [1.82, 2.24) is 0 Å². The van der Waals surface area contributed by atoms with Gasteiger partial charge in [-0.1, -0.05) is 26.0 Å². The number of allylic oxidation sites excluding steroid dienone is 1. The van der Waals surface area contributed by atoms with Gasteiger partial charge in [0, 0.05) is 0 Å². The number of hydrogen-bond donors (Lipinski definition) is 1. The number of aliphatic hydroxyl groups is 1. The third-order valence-electron chi connectivity index (χ3n) is 4.55. The van der Waals surface area contributed by atoms with Crippen LogP contribution in [0.5, 0.6) is 0 Å². The van der Waals surface area contributed by atoms with Crippen molar-refractivity contribution < 1.29 is 24.2 Å². The molecule has 0 aromatic carbocycles. The molecule has 20 heavy (non-hydrogen) atoms. The molecule has 0 saturated heterocycles. The van der Waals surface area contributed by atoms with E-state index in [0.29, 0.717) is 12.8 Å². The fraction of sp³-hybridized carbons (Fsp3) is 0.733. The maximum absolute atomic E-state index is 11.7. The molecule has 0 bridgehead atoms. The predicted molar refractivity (Wildman–Crippen MR) is 73.8 cm³/mol. The SMILES string of the molecule is COC(=O)C(CC[C@@]1(C)[C@H](C)CC=C[C@@H]1O)C(=O)OC. The van der Waals surface area contributed by atoms with E-state index in [4.69, 9.17) is 0 Å². The Morgan fingerprint density at radius 3 is 2.35 bits per heavy atom. The number of carbonyl (C=O) groups is 2. The lowest BCUT2D eigenvalue weighted by Crippen LogP contribution is -2.40. The second-order valence-electron chi connectivity index (χ2n) is 5.65. The van der Waals surface area contributed by atoms with Gasteiger partial charge in [-0.05, 0) is 30.6 Å². The summed E-state index contributed by atoms with van der Waals surface area (Å²) in [5.41, 5.74) is -0.352. The van der Waals surface area contributed by atoms with Crippen molar-refractivity contribution in [2.75, 3.05) is 14.2 Å². The van der Waals surface area contributed by atoms with Gasteiger partial charge in [0.25, 0.3) is 0 Å². The van der Waals surface area contributed by atoms with Crippen LogP contribution in [0, 0.1) is 17.3 Å². The molecule has 0 aliphatic heterocycles. The van der Waals surface area contributed by atoms with Gasteiger partial charge in [-0.2, -0.15) is 0 Å². The van der Waals surface area contributed by atoms with Gasteiger partial charge in [0.05, 0.1) is 20.3 Å². The maximum atomic E-state index is 11.7. The Morgan fingerprint density at radius 1 is 1.35 bits per heavy atom. The summed E-state index contributed by atoms with van der Waals surface area (Å²) >= 11 is 0. The molecule has 1 aliphatic carbocycles. The molecule has 1 N–H and O–H groups in total. The molecular formula is C15H24O5. The van der Waals surface area contributed by atoms with Crippen LogP contribution >= 0.6 is 0 Å². The summed E-state index contributed by atoms with van der Waals surface area (Å²) in [6.07, 6.45) is 4.93.